The third-order valence-corrected chi connectivity index (χ3v) is 12.1. The van der Waals surface area contributed by atoms with Gasteiger partial charge < -0.3 is 0 Å². The first-order valence-electron chi connectivity index (χ1n) is 12.6. The molecule has 2 N–H and O–H groups in total. The van der Waals surface area contributed by atoms with Crippen molar-refractivity contribution >= 4 is 25.9 Å². The number of hydrogen-bond acceptors (Lipinski definition) is 6. The third-order valence-electron chi connectivity index (χ3n) is 9.89. The zero-order chi connectivity index (χ0) is 25.4. The van der Waals surface area contributed by atoms with Gasteiger partial charge in [0.1, 0.15) is 0 Å². The van der Waals surface area contributed by atoms with Crippen LogP contribution in [0.1, 0.15) is 65.7 Å². The standard InChI is InChI=1S/C26H35NO6S2/c1-16-13-17-14-18(28)9-11-25(17,2)22-10-12-26(3)21(24(16)22)7-8-23(26)33-35(31,32)20-6-4-5-19(15-20)34(27,29)30/h4-6,14-16,21-24H,7-13H2,1-3H3,(H2,27,29,30)/t16?,21-,22+,23?,24-,25-,26-/m0/s1. The highest BCUT2D eigenvalue weighted by Crippen LogP contribution is 2.67. The second-order valence-corrected chi connectivity index (χ2v) is 14.8. The van der Waals surface area contributed by atoms with E-state index in [2.05, 4.69) is 20.8 Å². The van der Waals surface area contributed by atoms with Crippen LogP contribution in [0.2, 0.25) is 0 Å². The predicted molar refractivity (Wildman–Crippen MR) is 131 cm³/mol. The van der Waals surface area contributed by atoms with Crippen molar-refractivity contribution in [1.29, 1.82) is 0 Å². The summed E-state index contributed by atoms with van der Waals surface area (Å²) in [5.41, 5.74) is 1.09. The topological polar surface area (TPSA) is 121 Å². The van der Waals surface area contributed by atoms with Crippen LogP contribution >= 0.6 is 0 Å². The molecule has 192 valence electrons. The van der Waals surface area contributed by atoms with E-state index in [0.29, 0.717) is 36.5 Å². The van der Waals surface area contributed by atoms with E-state index in [4.69, 9.17) is 9.32 Å². The van der Waals surface area contributed by atoms with Gasteiger partial charge in [0.15, 0.2) is 5.78 Å². The number of nitrogens with two attached hydrogens (primary N) is 1. The first-order valence-corrected chi connectivity index (χ1v) is 15.5. The van der Waals surface area contributed by atoms with Crippen molar-refractivity contribution in [3.05, 3.63) is 35.9 Å². The van der Waals surface area contributed by atoms with E-state index in [1.54, 1.807) is 0 Å². The fourth-order valence-corrected chi connectivity index (χ4v) is 9.91. The number of fused-ring (bicyclic) bond motifs is 5. The Kier molecular flexibility index (Phi) is 5.91. The molecule has 35 heavy (non-hydrogen) atoms. The van der Waals surface area contributed by atoms with Gasteiger partial charge >= 0.3 is 0 Å². The number of primary sulfonamides is 1. The predicted octanol–water partition coefficient (Wildman–Crippen LogP) is 4.19. The lowest BCUT2D eigenvalue weighted by molar-refractivity contribution is -0.119. The van der Waals surface area contributed by atoms with E-state index in [9.17, 15) is 21.6 Å². The number of carbonyl (C=O) groups excluding carboxylic acids is 1. The van der Waals surface area contributed by atoms with Crippen LogP contribution < -0.4 is 5.14 Å². The minimum atomic E-state index is -4.16. The highest BCUT2D eigenvalue weighted by molar-refractivity contribution is 7.89. The van der Waals surface area contributed by atoms with E-state index in [-0.39, 0.29) is 26.4 Å². The first-order chi connectivity index (χ1) is 16.3. The number of carbonyl (C=O) groups is 1. The Hall–Kier alpha value is -1.55. The number of ketones is 1. The lowest BCUT2D eigenvalue weighted by Crippen LogP contribution is -2.54. The van der Waals surface area contributed by atoms with Crippen LogP contribution in [-0.2, 0) is 29.1 Å². The van der Waals surface area contributed by atoms with Crippen LogP contribution in [0.3, 0.4) is 0 Å². The molecule has 0 aromatic heterocycles. The van der Waals surface area contributed by atoms with E-state index in [0.717, 1.165) is 38.2 Å². The van der Waals surface area contributed by atoms with Crippen LogP contribution in [0.25, 0.3) is 0 Å². The van der Waals surface area contributed by atoms with Gasteiger partial charge in [0.05, 0.1) is 15.9 Å². The van der Waals surface area contributed by atoms with Gasteiger partial charge in [-0.2, -0.15) is 8.42 Å². The molecule has 4 aliphatic carbocycles. The van der Waals surface area contributed by atoms with Crippen molar-refractivity contribution in [3.63, 3.8) is 0 Å². The average molecular weight is 522 g/mol. The van der Waals surface area contributed by atoms with E-state index in [1.807, 2.05) is 6.08 Å². The molecule has 0 heterocycles. The van der Waals surface area contributed by atoms with Gasteiger partial charge in [-0.3, -0.25) is 8.98 Å². The molecule has 0 saturated heterocycles. The van der Waals surface area contributed by atoms with Crippen LogP contribution in [0, 0.1) is 34.5 Å². The van der Waals surface area contributed by atoms with Crippen LogP contribution in [-0.4, -0.2) is 28.7 Å². The van der Waals surface area contributed by atoms with Crippen molar-refractivity contribution in [1.82, 2.24) is 0 Å². The smallest absolute Gasteiger partial charge is 0.295 e. The molecule has 3 fully saturated rings. The Labute approximate surface area is 208 Å². The third kappa shape index (κ3) is 4.03. The van der Waals surface area contributed by atoms with Gasteiger partial charge in [-0.05, 0) is 97.3 Å². The van der Waals surface area contributed by atoms with Crippen LogP contribution in [0.5, 0.6) is 0 Å². The molecule has 0 amide bonds. The normalized spacial score (nSPS) is 39.4. The Morgan fingerprint density at radius 3 is 2.43 bits per heavy atom. The summed E-state index contributed by atoms with van der Waals surface area (Å²) < 4.78 is 55.7. The molecule has 9 heteroatoms. The molecule has 5 rings (SSSR count). The summed E-state index contributed by atoms with van der Waals surface area (Å²) in [7, 11) is -8.19. The highest BCUT2D eigenvalue weighted by atomic mass is 32.2. The van der Waals surface area contributed by atoms with Gasteiger partial charge in [-0.1, -0.05) is 32.4 Å². The van der Waals surface area contributed by atoms with Crippen LogP contribution in [0.15, 0.2) is 45.7 Å². The Balaban J connectivity index is 1.42. The molecule has 0 radical (unpaired) electrons. The summed E-state index contributed by atoms with van der Waals surface area (Å²) in [6.45, 7) is 6.79. The molecule has 1 aromatic carbocycles. The molecule has 0 spiro atoms. The summed E-state index contributed by atoms with van der Waals surface area (Å²) in [5.74, 6) is 1.98. The maximum absolute atomic E-state index is 13.2. The Morgan fingerprint density at radius 1 is 1.00 bits per heavy atom. The molecule has 3 saturated carbocycles. The number of hydrogen-bond donors (Lipinski definition) is 1. The van der Waals surface area contributed by atoms with Gasteiger partial charge in [-0.25, -0.2) is 13.6 Å². The Bertz CT molecular complexity index is 1300. The minimum Gasteiger partial charge on any atom is -0.295 e. The summed E-state index contributed by atoms with van der Waals surface area (Å²) in [6, 6.07) is 5.05. The fourth-order valence-electron chi connectivity index (χ4n) is 8.03. The van der Waals surface area contributed by atoms with E-state index < -0.39 is 26.2 Å². The summed E-state index contributed by atoms with van der Waals surface area (Å²) in [6.07, 6.45) is 7.33. The monoisotopic (exact) mass is 521 g/mol. The number of rotatable bonds is 4. The summed E-state index contributed by atoms with van der Waals surface area (Å²) >= 11 is 0. The zero-order valence-corrected chi connectivity index (χ0v) is 22.2. The van der Waals surface area contributed by atoms with E-state index >= 15 is 0 Å². The van der Waals surface area contributed by atoms with Crippen molar-refractivity contribution in [2.75, 3.05) is 0 Å². The molecule has 0 bridgehead atoms. The number of sulfonamides is 1. The van der Waals surface area contributed by atoms with Gasteiger partial charge in [0, 0.05) is 6.42 Å². The molecule has 2 unspecified atom stereocenters. The highest BCUT2D eigenvalue weighted by Gasteiger charge is 2.61. The lowest BCUT2D eigenvalue weighted by atomic mass is 9.45. The van der Waals surface area contributed by atoms with Crippen molar-refractivity contribution in [3.8, 4) is 0 Å². The molecular weight excluding hydrogens is 486 g/mol. The van der Waals surface area contributed by atoms with Crippen molar-refractivity contribution < 1.29 is 25.8 Å². The maximum Gasteiger partial charge on any atom is 0.297 e. The van der Waals surface area contributed by atoms with Crippen molar-refractivity contribution in [2.24, 2.45) is 39.6 Å². The molecule has 1 aromatic rings. The van der Waals surface area contributed by atoms with E-state index in [1.165, 1.54) is 23.8 Å². The van der Waals surface area contributed by atoms with Crippen molar-refractivity contribution in [2.45, 2.75) is 81.6 Å². The first kappa shape index (κ1) is 25.1. The largest absolute Gasteiger partial charge is 0.297 e. The fraction of sp³-hybridized carbons (Fsp3) is 0.654. The molecule has 7 atom stereocenters. The van der Waals surface area contributed by atoms with Crippen LogP contribution in [0.4, 0.5) is 0 Å². The second-order valence-electron chi connectivity index (χ2n) is 11.7. The number of benzene rings is 1. The maximum atomic E-state index is 13.2. The summed E-state index contributed by atoms with van der Waals surface area (Å²) in [4.78, 5) is 11.7. The molecule has 4 aliphatic rings. The average Bonchev–Trinajstić information content (AvgIpc) is 3.10. The Morgan fingerprint density at radius 2 is 1.71 bits per heavy atom. The van der Waals surface area contributed by atoms with Gasteiger partial charge in [0.25, 0.3) is 10.1 Å². The summed E-state index contributed by atoms with van der Waals surface area (Å²) in [5, 5.41) is 5.20. The molecular formula is C26H35NO6S2. The second kappa shape index (κ2) is 8.23. The SMILES string of the molecule is CC1CC2=CC(=O)CC[C@]2(C)[C@@H]2CC[C@]3(C)C(OS(=O)(=O)c4cccc(S(N)(=O)=O)c4)CC[C@H]3[C@H]12. The molecule has 0 aliphatic heterocycles. The lowest BCUT2D eigenvalue weighted by Gasteiger charge is -2.60. The molecule has 7 nitrogen and oxygen atoms in total. The van der Waals surface area contributed by atoms with Gasteiger partial charge in [0.2, 0.25) is 10.0 Å². The minimum absolute atomic E-state index is 0.0472. The number of allylic oxidation sites excluding steroid dienone is 1. The zero-order valence-electron chi connectivity index (χ0n) is 20.6. The van der Waals surface area contributed by atoms with Gasteiger partial charge in [-0.15, -0.1) is 0 Å². The quantitative estimate of drug-likeness (QED) is 0.593.